The van der Waals surface area contributed by atoms with E-state index in [1.165, 1.54) is 6.07 Å². The summed E-state index contributed by atoms with van der Waals surface area (Å²) in [5, 5.41) is 0.459. The number of aromatic nitrogens is 2. The van der Waals surface area contributed by atoms with E-state index in [9.17, 15) is 13.2 Å². The molecule has 0 saturated heterocycles. The van der Waals surface area contributed by atoms with Crippen LogP contribution in [0, 0.1) is 20.8 Å². The molecule has 7 nitrogen and oxygen atoms in total. The summed E-state index contributed by atoms with van der Waals surface area (Å²) in [5.74, 6) is -0.289. The van der Waals surface area contributed by atoms with Crippen molar-refractivity contribution in [3.63, 3.8) is 0 Å². The van der Waals surface area contributed by atoms with E-state index in [2.05, 4.69) is 14.7 Å². The minimum Gasteiger partial charge on any atom is -0.496 e. The van der Waals surface area contributed by atoms with Crippen molar-refractivity contribution in [1.82, 2.24) is 14.7 Å². The van der Waals surface area contributed by atoms with Crippen molar-refractivity contribution in [2.45, 2.75) is 43.4 Å². The molecule has 2 heterocycles. The third-order valence-corrected chi connectivity index (χ3v) is 8.28. The number of rotatable bonds is 6. The first-order chi connectivity index (χ1) is 17.2. The van der Waals surface area contributed by atoms with Crippen LogP contribution in [0.5, 0.6) is 5.75 Å². The summed E-state index contributed by atoms with van der Waals surface area (Å²) in [6.07, 6.45) is 2.19. The molecule has 184 valence electrons. The Labute approximate surface area is 210 Å². The Bertz CT molecular complexity index is 1600. The molecule has 1 saturated carbocycles. The van der Waals surface area contributed by atoms with Gasteiger partial charge in [-0.15, -0.1) is 0 Å². The molecule has 0 bridgehead atoms. The maximum atomic E-state index is 14.0. The van der Waals surface area contributed by atoms with Crippen LogP contribution in [0.15, 0.2) is 71.8 Å². The van der Waals surface area contributed by atoms with E-state index in [0.29, 0.717) is 28.6 Å². The summed E-state index contributed by atoms with van der Waals surface area (Å²) in [5.41, 5.74) is 3.57. The summed E-state index contributed by atoms with van der Waals surface area (Å²) in [6, 6.07) is 17.8. The molecule has 2 aromatic heterocycles. The highest BCUT2D eigenvalue weighted by Gasteiger charge is 2.63. The van der Waals surface area contributed by atoms with E-state index in [-0.39, 0.29) is 10.8 Å². The molecule has 8 heteroatoms. The number of aryl methyl sites for hydroxylation is 3. The van der Waals surface area contributed by atoms with Crippen molar-refractivity contribution in [2.75, 3.05) is 7.11 Å². The van der Waals surface area contributed by atoms with Crippen molar-refractivity contribution in [3.8, 4) is 5.75 Å². The molecular formula is C28H27N3O4S. The largest absolute Gasteiger partial charge is 0.496 e. The number of carbonyl (C=O) groups excluding carboxylic acids is 1. The minimum atomic E-state index is -4.19. The highest BCUT2D eigenvalue weighted by atomic mass is 32.2. The van der Waals surface area contributed by atoms with E-state index in [0.717, 1.165) is 22.5 Å². The topological polar surface area (TPSA) is 98.2 Å². The van der Waals surface area contributed by atoms with E-state index >= 15 is 0 Å². The van der Waals surface area contributed by atoms with E-state index in [4.69, 9.17) is 4.74 Å². The molecule has 4 aromatic rings. The Morgan fingerprint density at radius 2 is 1.81 bits per heavy atom. The van der Waals surface area contributed by atoms with Gasteiger partial charge in [0.2, 0.25) is 5.91 Å². The second kappa shape index (κ2) is 8.71. The molecular weight excluding hydrogens is 474 g/mol. The molecule has 1 N–H and O–H groups in total. The number of nitrogens with zero attached hydrogens (tertiary/aromatic N) is 2. The van der Waals surface area contributed by atoms with Gasteiger partial charge in [0.25, 0.3) is 10.0 Å². The summed E-state index contributed by atoms with van der Waals surface area (Å²) >= 11 is 0. The van der Waals surface area contributed by atoms with Gasteiger partial charge in [0.1, 0.15) is 5.75 Å². The van der Waals surface area contributed by atoms with Crippen molar-refractivity contribution in [2.24, 2.45) is 0 Å². The molecule has 2 aromatic carbocycles. The van der Waals surface area contributed by atoms with Crippen LogP contribution in [-0.4, -0.2) is 31.4 Å². The lowest BCUT2D eigenvalue weighted by atomic mass is 9.88. The number of hydrogen-bond donors (Lipinski definition) is 1. The van der Waals surface area contributed by atoms with Crippen LogP contribution in [0.3, 0.4) is 0 Å². The van der Waals surface area contributed by atoms with Crippen LogP contribution >= 0.6 is 0 Å². The van der Waals surface area contributed by atoms with Crippen LogP contribution in [0.25, 0.3) is 10.9 Å². The molecule has 5 rings (SSSR count). The number of ether oxygens (including phenoxy) is 1. The number of hydrogen-bond acceptors (Lipinski definition) is 6. The van der Waals surface area contributed by atoms with Gasteiger partial charge in [0, 0.05) is 34.5 Å². The number of nitrogens with one attached hydrogen (secondary N) is 1. The van der Waals surface area contributed by atoms with Gasteiger partial charge in [-0.25, -0.2) is 13.1 Å². The minimum absolute atomic E-state index is 0.0152. The fourth-order valence-corrected chi connectivity index (χ4v) is 6.18. The van der Waals surface area contributed by atoms with Gasteiger partial charge in [-0.3, -0.25) is 14.8 Å². The van der Waals surface area contributed by atoms with Crippen molar-refractivity contribution in [1.29, 1.82) is 0 Å². The highest BCUT2D eigenvalue weighted by molar-refractivity contribution is 7.90. The number of carbonyl (C=O) groups is 1. The second-order valence-electron chi connectivity index (χ2n) is 9.37. The molecule has 0 radical (unpaired) electrons. The van der Waals surface area contributed by atoms with Crippen LogP contribution in [-0.2, 0) is 20.2 Å². The average molecular weight is 502 g/mol. The predicted octanol–water partition coefficient (Wildman–Crippen LogP) is 4.49. The van der Waals surface area contributed by atoms with Crippen LogP contribution < -0.4 is 9.46 Å². The van der Waals surface area contributed by atoms with Gasteiger partial charge in [-0.2, -0.15) is 0 Å². The van der Waals surface area contributed by atoms with Gasteiger partial charge >= 0.3 is 0 Å². The number of methoxy groups -OCH3 is 1. The third kappa shape index (κ3) is 4.01. The molecule has 0 unspecified atom stereocenters. The van der Waals surface area contributed by atoms with Gasteiger partial charge in [0.15, 0.2) is 0 Å². The average Bonchev–Trinajstić information content (AvgIpc) is 3.60. The first-order valence-corrected chi connectivity index (χ1v) is 13.2. The zero-order chi connectivity index (χ0) is 25.7. The number of pyridine rings is 2. The number of fused-ring (bicyclic) bond motifs is 1. The zero-order valence-corrected chi connectivity index (χ0v) is 21.4. The fraction of sp³-hybridized carbons (Fsp3) is 0.250. The summed E-state index contributed by atoms with van der Waals surface area (Å²) in [7, 11) is -2.64. The van der Waals surface area contributed by atoms with Gasteiger partial charge in [0.05, 0.1) is 22.9 Å². The highest BCUT2D eigenvalue weighted by Crippen LogP contribution is 2.62. The molecule has 36 heavy (non-hydrogen) atoms. The normalized spacial score (nSPS) is 19.2. The van der Waals surface area contributed by atoms with Crippen molar-refractivity contribution in [3.05, 3.63) is 94.9 Å². The predicted molar refractivity (Wildman–Crippen MR) is 138 cm³/mol. The zero-order valence-electron chi connectivity index (χ0n) is 20.6. The molecule has 1 aliphatic carbocycles. The van der Waals surface area contributed by atoms with Crippen LogP contribution in [0.2, 0.25) is 0 Å². The lowest BCUT2D eigenvalue weighted by molar-refractivity contribution is -0.122. The molecule has 0 aliphatic heterocycles. The Balaban J connectivity index is 1.59. The molecule has 2 atom stereocenters. The Morgan fingerprint density at radius 3 is 2.53 bits per heavy atom. The van der Waals surface area contributed by atoms with E-state index < -0.39 is 21.3 Å². The van der Waals surface area contributed by atoms with Crippen molar-refractivity contribution >= 4 is 26.8 Å². The SMILES string of the molecule is COc1ccc(C)cc1[C@@]1(C(=O)NS(=O)(=O)c2cccc3nc(C)ccc23)C[C@@H]1c1ccc(C)nc1. The maximum Gasteiger partial charge on any atom is 0.264 e. The van der Waals surface area contributed by atoms with Crippen LogP contribution in [0.1, 0.15) is 40.4 Å². The quantitative estimate of drug-likeness (QED) is 0.418. The third-order valence-electron chi connectivity index (χ3n) is 6.89. The lowest BCUT2D eigenvalue weighted by Crippen LogP contribution is -2.40. The van der Waals surface area contributed by atoms with E-state index in [1.54, 1.807) is 37.6 Å². The van der Waals surface area contributed by atoms with Gasteiger partial charge in [-0.05, 0) is 69.2 Å². The van der Waals surface area contributed by atoms with Gasteiger partial charge < -0.3 is 4.74 Å². The summed E-state index contributed by atoms with van der Waals surface area (Å²) < 4.78 is 35.1. The Morgan fingerprint density at radius 1 is 1.03 bits per heavy atom. The first kappa shape index (κ1) is 23.9. The Kier molecular flexibility index (Phi) is 5.79. The maximum absolute atomic E-state index is 14.0. The number of sulfonamides is 1. The fourth-order valence-electron chi connectivity index (χ4n) is 4.92. The smallest absolute Gasteiger partial charge is 0.264 e. The van der Waals surface area contributed by atoms with Crippen molar-refractivity contribution < 1.29 is 17.9 Å². The van der Waals surface area contributed by atoms with Gasteiger partial charge in [-0.1, -0.05) is 29.8 Å². The first-order valence-electron chi connectivity index (χ1n) is 11.7. The second-order valence-corrected chi connectivity index (χ2v) is 11.0. The Hall–Kier alpha value is -3.78. The summed E-state index contributed by atoms with van der Waals surface area (Å²) in [4.78, 5) is 22.8. The number of amides is 1. The van der Waals surface area contributed by atoms with E-state index in [1.807, 2.05) is 51.1 Å². The molecule has 1 amide bonds. The molecule has 1 aliphatic rings. The monoisotopic (exact) mass is 501 g/mol. The van der Waals surface area contributed by atoms with Crippen LogP contribution in [0.4, 0.5) is 0 Å². The summed E-state index contributed by atoms with van der Waals surface area (Å²) in [6.45, 7) is 5.67. The standard InChI is InChI=1S/C28H27N3O4S/c1-17-8-13-25(35-4)22(14-17)28(15-23(28)20-11-9-18(2)29-16-20)27(32)31-36(33,34)26-7-5-6-24-21(26)12-10-19(3)30-24/h5-14,16,23H,15H2,1-4H3,(H,31,32)/t23-,28+/m1/s1. The molecule has 0 spiro atoms. The molecule has 1 fully saturated rings. The number of benzene rings is 2. The lowest BCUT2D eigenvalue weighted by Gasteiger charge is -2.21.